The second-order valence-electron chi connectivity index (χ2n) is 4.82. The molecule has 0 aliphatic rings. The molecule has 0 fully saturated rings. The van der Waals surface area contributed by atoms with Gasteiger partial charge in [0, 0.05) is 0 Å². The van der Waals surface area contributed by atoms with E-state index < -0.39 is 66.7 Å². The number of carboxylic acids is 5. The van der Waals surface area contributed by atoms with Crippen LogP contribution < -0.4 is 5.73 Å². The second-order valence-corrected chi connectivity index (χ2v) is 4.82. The summed E-state index contributed by atoms with van der Waals surface area (Å²) < 4.78 is 127. The molecule has 0 aromatic heterocycles. The maximum Gasteiger partial charge on any atom is 0.490 e. The number of aliphatic carboxylic acids is 5. The Labute approximate surface area is 188 Å². The number of hydrogen-bond acceptors (Lipinski definition) is 7. The van der Waals surface area contributed by atoms with Crippen molar-refractivity contribution in [2.45, 2.75) is 43.8 Å². The van der Waals surface area contributed by atoms with Crippen molar-refractivity contribution in [3.63, 3.8) is 0 Å². The van der Waals surface area contributed by atoms with E-state index in [9.17, 15) is 57.5 Å². The van der Waals surface area contributed by atoms with Gasteiger partial charge in [0.2, 0.25) is 0 Å². The third-order valence-corrected chi connectivity index (χ3v) is 1.77. The number of aliphatic hydroxyl groups is 1. The summed E-state index contributed by atoms with van der Waals surface area (Å²) in [5.41, 5.74) is 4.91. The monoisotopic (exact) mass is 575 g/mol. The summed E-state index contributed by atoms with van der Waals surface area (Å²) in [6.45, 7) is 1.33. The van der Waals surface area contributed by atoms with Crippen LogP contribution in [-0.2, 0) is 24.0 Å². The first-order valence-corrected chi connectivity index (χ1v) is 7.20. The van der Waals surface area contributed by atoms with Gasteiger partial charge in [-0.05, 0) is 6.92 Å². The van der Waals surface area contributed by atoms with Crippen molar-refractivity contribution < 1.29 is 107 Å². The fraction of sp³-hybridized carbons (Fsp3) is 0.583. The number of aliphatic hydroxyl groups excluding tert-OH is 1. The van der Waals surface area contributed by atoms with Crippen molar-refractivity contribution in [2.75, 3.05) is 0 Å². The molecular weight excluding hydrogens is 562 g/mol. The summed E-state index contributed by atoms with van der Waals surface area (Å²) in [5.74, 6) is -12.2. The van der Waals surface area contributed by atoms with Crippen molar-refractivity contribution in [1.29, 1.82) is 0 Å². The Kier molecular flexibility index (Phi) is 20.1. The minimum atomic E-state index is -5.08. The van der Waals surface area contributed by atoms with Crippen LogP contribution in [0.25, 0.3) is 0 Å². The normalized spacial score (nSPS) is 12.6. The first-order valence-electron chi connectivity index (χ1n) is 7.20. The minimum absolute atomic E-state index is 0.979. The molecule has 216 valence electrons. The molecule has 0 radical (unpaired) electrons. The highest BCUT2D eigenvalue weighted by atomic mass is 19.4. The highest BCUT2D eigenvalue weighted by molar-refractivity contribution is 5.74. The van der Waals surface area contributed by atoms with Crippen molar-refractivity contribution >= 4 is 29.8 Å². The van der Waals surface area contributed by atoms with Crippen LogP contribution in [-0.4, -0.2) is 97.3 Å². The van der Waals surface area contributed by atoms with Gasteiger partial charge in [-0.25, -0.2) is 19.2 Å². The van der Waals surface area contributed by atoms with E-state index in [0.29, 0.717) is 0 Å². The molecule has 8 N–H and O–H groups in total. The molecule has 24 heteroatoms. The lowest BCUT2D eigenvalue weighted by Gasteiger charge is -2.06. The Hall–Kier alpha value is -3.57. The molecule has 0 aromatic carbocycles. The summed E-state index contributed by atoms with van der Waals surface area (Å²) in [4.78, 5) is 45.4. The Bertz CT molecular complexity index is 615. The van der Waals surface area contributed by atoms with E-state index >= 15 is 0 Å². The smallest absolute Gasteiger partial charge is 0.480 e. The maximum absolute atomic E-state index is 10.6. The number of carbonyl (C=O) groups is 5. The Balaban J connectivity index is -0.000000111. The predicted octanol–water partition coefficient (Wildman–Crippen LogP) is 1.31. The van der Waals surface area contributed by atoms with E-state index in [-0.39, 0.29) is 0 Å². The summed E-state index contributed by atoms with van der Waals surface area (Å²) in [6.07, 6.45) is -21.3. The second kappa shape index (κ2) is 17.0. The predicted molar refractivity (Wildman–Crippen MR) is 82.1 cm³/mol. The highest BCUT2D eigenvalue weighted by Crippen LogP contribution is 2.14. The first kappa shape index (κ1) is 42.6. The third kappa shape index (κ3) is 32.6. The number of alkyl halides is 12. The van der Waals surface area contributed by atoms with E-state index in [1.165, 1.54) is 6.92 Å². The van der Waals surface area contributed by atoms with Crippen molar-refractivity contribution in [3.05, 3.63) is 0 Å². The zero-order valence-corrected chi connectivity index (χ0v) is 16.5. The quantitative estimate of drug-likeness (QED) is 0.231. The molecule has 0 aliphatic carbocycles. The molecule has 0 aliphatic heterocycles. The topological polar surface area (TPSA) is 233 Å². The van der Waals surface area contributed by atoms with Crippen LogP contribution in [0.4, 0.5) is 52.7 Å². The average Bonchev–Trinajstić information content (AvgIpc) is 2.59. The Morgan fingerprint density at radius 1 is 0.528 bits per heavy atom. The summed E-state index contributed by atoms with van der Waals surface area (Å²) >= 11 is 0. The van der Waals surface area contributed by atoms with Crippen molar-refractivity contribution in [1.82, 2.24) is 0 Å². The fourth-order valence-corrected chi connectivity index (χ4v) is 0.206. The van der Waals surface area contributed by atoms with Crippen molar-refractivity contribution in [3.8, 4) is 0 Å². The van der Waals surface area contributed by atoms with Crippen LogP contribution in [0.15, 0.2) is 0 Å². The lowest BCUT2D eigenvalue weighted by Crippen LogP contribution is -2.39. The maximum atomic E-state index is 10.6. The lowest BCUT2D eigenvalue weighted by atomic mass is 10.2. The highest BCUT2D eigenvalue weighted by Gasteiger charge is 2.39. The van der Waals surface area contributed by atoms with Gasteiger partial charge in [0.05, 0.1) is 6.10 Å². The van der Waals surface area contributed by atoms with Gasteiger partial charge in [0.1, 0.15) is 6.04 Å². The van der Waals surface area contributed by atoms with Gasteiger partial charge in [-0.15, -0.1) is 0 Å². The molecule has 0 rings (SSSR count). The molecule has 0 spiro atoms. The third-order valence-electron chi connectivity index (χ3n) is 1.77. The molecular formula is C12H13F12NO11. The van der Waals surface area contributed by atoms with Crippen LogP contribution in [0, 0.1) is 0 Å². The van der Waals surface area contributed by atoms with Gasteiger partial charge in [0.15, 0.2) is 0 Å². The van der Waals surface area contributed by atoms with Gasteiger partial charge in [-0.3, -0.25) is 4.79 Å². The van der Waals surface area contributed by atoms with Gasteiger partial charge in [-0.1, -0.05) is 0 Å². The Morgan fingerprint density at radius 2 is 0.639 bits per heavy atom. The molecule has 2 atom stereocenters. The molecule has 0 bridgehead atoms. The lowest BCUT2D eigenvalue weighted by molar-refractivity contribution is -0.193. The molecule has 12 nitrogen and oxygen atoms in total. The molecule has 0 saturated carbocycles. The van der Waals surface area contributed by atoms with Gasteiger partial charge in [0.25, 0.3) is 0 Å². The average molecular weight is 575 g/mol. The van der Waals surface area contributed by atoms with Gasteiger partial charge >= 0.3 is 54.6 Å². The first-order chi connectivity index (χ1) is 15.3. The number of nitrogens with two attached hydrogens (primary N) is 1. The number of carboxylic acid groups (broad SMARTS) is 5. The zero-order chi connectivity index (χ0) is 31.0. The number of rotatable bonds is 2. The van der Waals surface area contributed by atoms with E-state index in [4.69, 9.17) is 55.6 Å². The van der Waals surface area contributed by atoms with Crippen LogP contribution in [0.3, 0.4) is 0 Å². The molecule has 0 amide bonds. The van der Waals surface area contributed by atoms with E-state index in [1.54, 1.807) is 0 Å². The van der Waals surface area contributed by atoms with Gasteiger partial charge < -0.3 is 36.4 Å². The molecule has 0 unspecified atom stereocenters. The van der Waals surface area contributed by atoms with Crippen LogP contribution in [0.1, 0.15) is 6.92 Å². The van der Waals surface area contributed by atoms with Crippen molar-refractivity contribution in [2.24, 2.45) is 5.73 Å². The van der Waals surface area contributed by atoms with E-state index in [0.717, 1.165) is 0 Å². The SMILES string of the molecule is C[C@@H](O)[C@H](N)C(=O)O.O=C(O)C(F)(F)F.O=C(O)C(F)(F)F.O=C(O)C(F)(F)F.O=C(O)C(F)(F)F. The zero-order valence-electron chi connectivity index (χ0n) is 16.5. The summed E-state index contributed by atoms with van der Waals surface area (Å²) in [7, 11) is 0. The summed E-state index contributed by atoms with van der Waals surface area (Å²) in [5, 5.41) is 45.1. The standard InChI is InChI=1S/C4H9NO3.4C2HF3O2/c1-2(6)3(5)4(7)8;4*3-2(4,5)1(6)7/h2-3,6H,5H2,1H3,(H,7,8);4*(H,6,7)/t2-,3+;;;;/m1..../s1. The van der Waals surface area contributed by atoms with Crippen LogP contribution in [0.5, 0.6) is 0 Å². The van der Waals surface area contributed by atoms with E-state index in [2.05, 4.69) is 0 Å². The van der Waals surface area contributed by atoms with Crippen LogP contribution in [0.2, 0.25) is 0 Å². The minimum Gasteiger partial charge on any atom is -0.480 e. The van der Waals surface area contributed by atoms with Crippen LogP contribution >= 0.6 is 0 Å². The number of hydrogen-bond donors (Lipinski definition) is 7. The molecule has 0 heterocycles. The van der Waals surface area contributed by atoms with Gasteiger partial charge in [-0.2, -0.15) is 52.7 Å². The summed E-state index contributed by atoms with van der Waals surface area (Å²) in [6, 6.07) is -1.16. The largest absolute Gasteiger partial charge is 0.490 e. The van der Waals surface area contributed by atoms with E-state index in [1.807, 2.05) is 0 Å². The number of halogens is 12. The molecule has 0 saturated heterocycles. The molecule has 36 heavy (non-hydrogen) atoms. The molecule has 0 aromatic rings. The fourth-order valence-electron chi connectivity index (χ4n) is 0.206. The Morgan fingerprint density at radius 3 is 0.639 bits per heavy atom.